The number of halogens is 4. The SMILES string of the molecule is CCNC(=NCc1ccccc1OCC1CC1)NCCN(C)CC(F)(F)F.I. The number of hydrogen-bond acceptors (Lipinski definition) is 3. The minimum Gasteiger partial charge on any atom is -0.493 e. The molecule has 0 bridgehead atoms. The maximum atomic E-state index is 12.4. The van der Waals surface area contributed by atoms with Crippen LogP contribution in [0.4, 0.5) is 13.2 Å². The molecule has 160 valence electrons. The van der Waals surface area contributed by atoms with E-state index in [1.807, 2.05) is 31.2 Å². The molecule has 0 atom stereocenters. The zero-order chi connectivity index (χ0) is 19.7. The number of para-hydroxylation sites is 1. The van der Waals surface area contributed by atoms with Crippen LogP contribution in [0.2, 0.25) is 0 Å². The number of likely N-dealkylation sites (N-methyl/N-ethyl adjacent to an activating group) is 1. The van der Waals surface area contributed by atoms with Crippen molar-refractivity contribution in [1.29, 1.82) is 0 Å². The van der Waals surface area contributed by atoms with Crippen LogP contribution < -0.4 is 15.4 Å². The first-order valence-corrected chi connectivity index (χ1v) is 9.35. The molecule has 0 amide bonds. The van der Waals surface area contributed by atoms with E-state index in [0.717, 1.165) is 17.9 Å². The molecule has 28 heavy (non-hydrogen) atoms. The lowest BCUT2D eigenvalue weighted by molar-refractivity contribution is -0.142. The first kappa shape index (κ1) is 24.8. The van der Waals surface area contributed by atoms with E-state index in [2.05, 4.69) is 15.6 Å². The molecule has 1 saturated carbocycles. The third-order valence-electron chi connectivity index (χ3n) is 4.13. The second-order valence-electron chi connectivity index (χ2n) is 6.84. The summed E-state index contributed by atoms with van der Waals surface area (Å²) in [6.07, 6.45) is -1.72. The molecule has 0 saturated heterocycles. The topological polar surface area (TPSA) is 48.9 Å². The van der Waals surface area contributed by atoms with Crippen molar-refractivity contribution >= 4 is 29.9 Å². The van der Waals surface area contributed by atoms with Gasteiger partial charge in [-0.2, -0.15) is 13.2 Å². The van der Waals surface area contributed by atoms with E-state index in [0.29, 0.717) is 31.5 Å². The fraction of sp³-hybridized carbons (Fsp3) is 0.632. The molecule has 1 fully saturated rings. The lowest BCUT2D eigenvalue weighted by Gasteiger charge is -2.19. The number of guanidine groups is 1. The van der Waals surface area contributed by atoms with Crippen molar-refractivity contribution in [1.82, 2.24) is 15.5 Å². The van der Waals surface area contributed by atoms with Crippen LogP contribution in [0.3, 0.4) is 0 Å². The van der Waals surface area contributed by atoms with Crippen LogP contribution in [0.15, 0.2) is 29.3 Å². The quantitative estimate of drug-likeness (QED) is 0.285. The summed E-state index contributed by atoms with van der Waals surface area (Å²) in [6, 6.07) is 7.81. The Hall–Kier alpha value is -1.23. The smallest absolute Gasteiger partial charge is 0.401 e. The zero-order valence-corrected chi connectivity index (χ0v) is 18.7. The number of aliphatic imine (C=N–C) groups is 1. The summed E-state index contributed by atoms with van der Waals surface area (Å²) in [4.78, 5) is 5.77. The molecule has 0 aromatic heterocycles. The molecular weight excluding hydrogens is 484 g/mol. The molecule has 1 aliphatic rings. The highest BCUT2D eigenvalue weighted by molar-refractivity contribution is 14.0. The van der Waals surface area contributed by atoms with Gasteiger partial charge in [-0.1, -0.05) is 18.2 Å². The number of hydrogen-bond donors (Lipinski definition) is 2. The molecule has 5 nitrogen and oxygen atoms in total. The van der Waals surface area contributed by atoms with Gasteiger partial charge in [0.25, 0.3) is 0 Å². The molecule has 9 heteroatoms. The number of rotatable bonds is 10. The third kappa shape index (κ3) is 10.4. The first-order valence-electron chi connectivity index (χ1n) is 9.35. The number of nitrogens with one attached hydrogen (secondary N) is 2. The fourth-order valence-corrected chi connectivity index (χ4v) is 2.52. The first-order chi connectivity index (χ1) is 12.9. The summed E-state index contributed by atoms with van der Waals surface area (Å²) in [5.41, 5.74) is 0.990. The summed E-state index contributed by atoms with van der Waals surface area (Å²) in [6.45, 7) is 3.51. The van der Waals surface area contributed by atoms with Gasteiger partial charge in [0.1, 0.15) is 5.75 Å². The van der Waals surface area contributed by atoms with Crippen LogP contribution in [-0.2, 0) is 6.54 Å². The van der Waals surface area contributed by atoms with Gasteiger partial charge in [-0.05, 0) is 38.8 Å². The Morgan fingerprint density at radius 2 is 1.96 bits per heavy atom. The lowest BCUT2D eigenvalue weighted by Crippen LogP contribution is -2.42. The van der Waals surface area contributed by atoms with E-state index in [4.69, 9.17) is 4.74 Å². The molecule has 2 rings (SSSR count). The van der Waals surface area contributed by atoms with Crippen LogP contribution in [0.25, 0.3) is 0 Å². The average molecular weight is 514 g/mol. The molecule has 1 aliphatic carbocycles. The van der Waals surface area contributed by atoms with Crippen LogP contribution in [0.5, 0.6) is 5.75 Å². The Labute approximate surface area is 182 Å². The van der Waals surface area contributed by atoms with Crippen molar-refractivity contribution in [3.63, 3.8) is 0 Å². The predicted octanol–water partition coefficient (Wildman–Crippen LogP) is 3.64. The second-order valence-corrected chi connectivity index (χ2v) is 6.84. The van der Waals surface area contributed by atoms with E-state index in [1.54, 1.807) is 0 Å². The molecule has 2 N–H and O–H groups in total. The number of benzene rings is 1. The number of nitrogens with zero attached hydrogens (tertiary/aromatic N) is 2. The monoisotopic (exact) mass is 514 g/mol. The molecule has 0 unspecified atom stereocenters. The van der Waals surface area contributed by atoms with E-state index < -0.39 is 12.7 Å². The summed E-state index contributed by atoms with van der Waals surface area (Å²) >= 11 is 0. The molecule has 0 heterocycles. The van der Waals surface area contributed by atoms with Gasteiger partial charge < -0.3 is 15.4 Å². The Balaban J connectivity index is 0.00000392. The maximum absolute atomic E-state index is 12.4. The Bertz CT molecular complexity index is 609. The van der Waals surface area contributed by atoms with E-state index in [9.17, 15) is 13.2 Å². The third-order valence-corrected chi connectivity index (χ3v) is 4.13. The van der Waals surface area contributed by atoms with E-state index >= 15 is 0 Å². The van der Waals surface area contributed by atoms with Gasteiger partial charge in [0.05, 0.1) is 19.7 Å². The van der Waals surface area contributed by atoms with Gasteiger partial charge in [0.15, 0.2) is 5.96 Å². The average Bonchev–Trinajstić information content (AvgIpc) is 3.41. The summed E-state index contributed by atoms with van der Waals surface area (Å²) in [7, 11) is 1.45. The summed E-state index contributed by atoms with van der Waals surface area (Å²) < 4.78 is 43.0. The van der Waals surface area contributed by atoms with Gasteiger partial charge >= 0.3 is 6.18 Å². The van der Waals surface area contributed by atoms with Crippen molar-refractivity contribution in [3.05, 3.63) is 29.8 Å². The fourth-order valence-electron chi connectivity index (χ4n) is 2.52. The highest BCUT2D eigenvalue weighted by Gasteiger charge is 2.28. The minimum absolute atomic E-state index is 0. The molecule has 0 aliphatic heterocycles. The van der Waals surface area contributed by atoms with Gasteiger partial charge in [-0.3, -0.25) is 4.90 Å². The minimum atomic E-state index is -4.18. The van der Waals surface area contributed by atoms with Gasteiger partial charge in [0.2, 0.25) is 0 Å². The summed E-state index contributed by atoms with van der Waals surface area (Å²) in [5.74, 6) is 2.10. The van der Waals surface area contributed by atoms with Crippen LogP contribution in [0, 0.1) is 5.92 Å². The highest BCUT2D eigenvalue weighted by atomic mass is 127. The van der Waals surface area contributed by atoms with E-state index in [1.165, 1.54) is 24.8 Å². The Morgan fingerprint density at radius 1 is 1.25 bits per heavy atom. The van der Waals surface area contributed by atoms with E-state index in [-0.39, 0.29) is 30.5 Å². The second kappa shape index (κ2) is 12.4. The van der Waals surface area contributed by atoms with Crippen molar-refractivity contribution in [2.45, 2.75) is 32.5 Å². The zero-order valence-electron chi connectivity index (χ0n) is 16.4. The normalized spacial score (nSPS) is 14.6. The van der Waals surface area contributed by atoms with Crippen molar-refractivity contribution < 1.29 is 17.9 Å². The molecule has 0 radical (unpaired) electrons. The standard InChI is InChI=1S/C19H29F3N4O.HI/c1-3-23-18(24-10-11-26(2)14-19(20,21)22)25-12-16-6-4-5-7-17(16)27-13-15-8-9-15;/h4-7,15H,3,8-14H2,1-2H3,(H2,23,24,25);1H. The lowest BCUT2D eigenvalue weighted by atomic mass is 10.2. The van der Waals surface area contributed by atoms with Gasteiger partial charge in [-0.25, -0.2) is 4.99 Å². The van der Waals surface area contributed by atoms with Gasteiger partial charge in [0, 0.05) is 25.2 Å². The van der Waals surface area contributed by atoms with Crippen LogP contribution in [0.1, 0.15) is 25.3 Å². The largest absolute Gasteiger partial charge is 0.493 e. The Kier molecular flexibility index (Phi) is 10.9. The molecule has 1 aromatic rings. The Morgan fingerprint density at radius 3 is 2.61 bits per heavy atom. The predicted molar refractivity (Wildman–Crippen MR) is 116 cm³/mol. The van der Waals surface area contributed by atoms with Gasteiger partial charge in [-0.15, -0.1) is 24.0 Å². The summed E-state index contributed by atoms with van der Waals surface area (Å²) in [5, 5.41) is 6.19. The number of ether oxygens (including phenoxy) is 1. The highest BCUT2D eigenvalue weighted by Crippen LogP contribution is 2.30. The van der Waals surface area contributed by atoms with Crippen molar-refractivity contribution in [2.75, 3.05) is 39.8 Å². The molecule has 0 spiro atoms. The molecular formula is C19H30F3IN4O. The van der Waals surface area contributed by atoms with Crippen LogP contribution in [-0.4, -0.2) is 56.9 Å². The van der Waals surface area contributed by atoms with Crippen LogP contribution >= 0.6 is 24.0 Å². The van der Waals surface area contributed by atoms with Crippen molar-refractivity contribution in [3.8, 4) is 5.75 Å². The number of alkyl halides is 3. The molecule has 1 aromatic carbocycles. The van der Waals surface area contributed by atoms with Crippen molar-refractivity contribution in [2.24, 2.45) is 10.9 Å². The maximum Gasteiger partial charge on any atom is 0.401 e.